The maximum Gasteiger partial charge on any atom is 0.0589 e. The van der Waals surface area contributed by atoms with Crippen molar-refractivity contribution in [2.24, 2.45) is 0 Å². The second kappa shape index (κ2) is 7.73. The highest BCUT2D eigenvalue weighted by molar-refractivity contribution is 14.1. The highest BCUT2D eigenvalue weighted by atomic mass is 127. The fraction of sp³-hybridized carbons (Fsp3) is 0.625. The highest BCUT2D eigenvalue weighted by Crippen LogP contribution is 2.33. The summed E-state index contributed by atoms with van der Waals surface area (Å²) in [5.41, 5.74) is 2.96. The van der Waals surface area contributed by atoms with Gasteiger partial charge in [0.25, 0.3) is 0 Å². The van der Waals surface area contributed by atoms with E-state index in [4.69, 9.17) is 4.74 Å². The molecule has 0 N–H and O–H groups in total. The lowest BCUT2D eigenvalue weighted by atomic mass is 9.92. The van der Waals surface area contributed by atoms with Crippen molar-refractivity contribution in [3.8, 4) is 0 Å². The Hall–Kier alpha value is -0.170. The number of hydrogen-bond acceptors (Lipinski definition) is 3. The van der Waals surface area contributed by atoms with Gasteiger partial charge in [-0.1, -0.05) is 38.1 Å². The van der Waals surface area contributed by atoms with Gasteiger partial charge in [0.2, 0.25) is 0 Å². The van der Waals surface area contributed by atoms with Crippen LogP contribution in [0.5, 0.6) is 0 Å². The van der Waals surface area contributed by atoms with Gasteiger partial charge < -0.3 is 4.74 Å². The number of methoxy groups -OCH3 is 1. The first-order valence-electron chi connectivity index (χ1n) is 7.36. The van der Waals surface area contributed by atoms with E-state index in [0.29, 0.717) is 12.0 Å². The Kier molecular flexibility index (Phi) is 6.26. The quantitative estimate of drug-likeness (QED) is 0.568. The van der Waals surface area contributed by atoms with E-state index in [0.717, 1.165) is 32.8 Å². The molecule has 1 fully saturated rings. The lowest BCUT2D eigenvalue weighted by molar-refractivity contribution is 0.106. The summed E-state index contributed by atoms with van der Waals surface area (Å²) in [7, 11) is 1.78. The minimum absolute atomic E-state index is 0.486. The third kappa shape index (κ3) is 3.93. The van der Waals surface area contributed by atoms with Crippen molar-refractivity contribution in [3.63, 3.8) is 0 Å². The standard InChI is InChI=1S/C16H25IN2O/c1-13(2)14-6-4-5-7-15(14)16-12-18(10-11-20-3)8-9-19(16)17/h4-7,13,16H,8-12H2,1-3H3. The topological polar surface area (TPSA) is 15.7 Å². The van der Waals surface area contributed by atoms with Crippen LogP contribution in [0.4, 0.5) is 0 Å². The Balaban J connectivity index is 2.17. The van der Waals surface area contributed by atoms with Crippen LogP contribution in [0.2, 0.25) is 0 Å². The third-order valence-electron chi connectivity index (χ3n) is 3.99. The summed E-state index contributed by atoms with van der Waals surface area (Å²) in [6.45, 7) is 9.74. The van der Waals surface area contributed by atoms with Crippen LogP contribution in [0.1, 0.15) is 36.9 Å². The molecule has 112 valence electrons. The predicted octanol–water partition coefficient (Wildman–Crippen LogP) is 3.47. The van der Waals surface area contributed by atoms with Gasteiger partial charge in [0.15, 0.2) is 0 Å². The van der Waals surface area contributed by atoms with E-state index in [2.05, 4.69) is 69.0 Å². The molecular weight excluding hydrogens is 363 g/mol. The van der Waals surface area contributed by atoms with Crippen LogP contribution in [0.15, 0.2) is 24.3 Å². The number of hydrogen-bond donors (Lipinski definition) is 0. The predicted molar refractivity (Wildman–Crippen MR) is 92.3 cm³/mol. The maximum atomic E-state index is 5.22. The van der Waals surface area contributed by atoms with Gasteiger partial charge in [0, 0.05) is 56.2 Å². The summed E-state index contributed by atoms with van der Waals surface area (Å²) in [6, 6.07) is 9.38. The molecule has 0 bridgehead atoms. The van der Waals surface area contributed by atoms with E-state index >= 15 is 0 Å². The van der Waals surface area contributed by atoms with Crippen LogP contribution in [0.3, 0.4) is 0 Å². The summed E-state index contributed by atoms with van der Waals surface area (Å²) >= 11 is 2.49. The second-order valence-electron chi connectivity index (χ2n) is 5.72. The molecule has 0 spiro atoms. The van der Waals surface area contributed by atoms with Gasteiger partial charge in [0.05, 0.1) is 12.6 Å². The molecule has 1 aromatic carbocycles. The number of nitrogens with zero attached hydrogens (tertiary/aromatic N) is 2. The fourth-order valence-corrected chi connectivity index (χ4v) is 3.52. The van der Waals surface area contributed by atoms with Gasteiger partial charge >= 0.3 is 0 Å². The van der Waals surface area contributed by atoms with Crippen molar-refractivity contribution in [3.05, 3.63) is 35.4 Å². The molecule has 0 amide bonds. The first kappa shape index (κ1) is 16.2. The Morgan fingerprint density at radius 3 is 2.75 bits per heavy atom. The minimum Gasteiger partial charge on any atom is -0.383 e. The molecule has 2 rings (SSSR count). The first-order valence-corrected chi connectivity index (χ1v) is 8.32. The molecule has 3 nitrogen and oxygen atoms in total. The summed E-state index contributed by atoms with van der Waals surface area (Å²) in [5, 5.41) is 0. The zero-order chi connectivity index (χ0) is 14.5. The number of rotatable bonds is 5. The van der Waals surface area contributed by atoms with Crippen LogP contribution < -0.4 is 0 Å². The lowest BCUT2D eigenvalue weighted by Crippen LogP contribution is -2.45. The average Bonchev–Trinajstić information content (AvgIpc) is 2.46. The molecule has 1 atom stereocenters. The SMILES string of the molecule is COCCN1CCN(I)C(c2ccccc2C(C)C)C1. The molecule has 1 saturated heterocycles. The molecule has 1 aliphatic rings. The van der Waals surface area contributed by atoms with Crippen molar-refractivity contribution < 1.29 is 4.74 Å². The molecular formula is C16H25IN2O. The highest BCUT2D eigenvalue weighted by Gasteiger charge is 2.28. The summed E-state index contributed by atoms with van der Waals surface area (Å²) in [4.78, 5) is 2.51. The normalized spacial score (nSPS) is 21.6. The van der Waals surface area contributed by atoms with Crippen LogP contribution in [-0.2, 0) is 4.74 Å². The summed E-state index contributed by atoms with van der Waals surface area (Å²) < 4.78 is 7.68. The number of benzene rings is 1. The van der Waals surface area contributed by atoms with E-state index in [1.54, 1.807) is 7.11 Å². The largest absolute Gasteiger partial charge is 0.383 e. The molecule has 1 aliphatic heterocycles. The van der Waals surface area contributed by atoms with E-state index in [-0.39, 0.29) is 0 Å². The Labute approximate surface area is 136 Å². The van der Waals surface area contributed by atoms with Gasteiger partial charge in [-0.2, -0.15) is 0 Å². The number of halogens is 1. The number of piperazine rings is 1. The monoisotopic (exact) mass is 388 g/mol. The Morgan fingerprint density at radius 2 is 2.05 bits per heavy atom. The van der Waals surface area contributed by atoms with Crippen molar-refractivity contribution in [2.75, 3.05) is 39.9 Å². The minimum atomic E-state index is 0.486. The van der Waals surface area contributed by atoms with E-state index in [9.17, 15) is 0 Å². The van der Waals surface area contributed by atoms with Crippen molar-refractivity contribution in [2.45, 2.75) is 25.8 Å². The third-order valence-corrected chi connectivity index (χ3v) is 5.14. The molecule has 0 aliphatic carbocycles. The molecule has 0 aromatic heterocycles. The summed E-state index contributed by atoms with van der Waals surface area (Å²) in [5.74, 6) is 0.574. The molecule has 1 aromatic rings. The second-order valence-corrected chi connectivity index (χ2v) is 6.96. The van der Waals surface area contributed by atoms with Gasteiger partial charge in [0.1, 0.15) is 0 Å². The van der Waals surface area contributed by atoms with Crippen LogP contribution in [-0.4, -0.2) is 47.9 Å². The van der Waals surface area contributed by atoms with Crippen LogP contribution in [0.25, 0.3) is 0 Å². The Bertz CT molecular complexity index is 423. The molecule has 0 saturated carbocycles. The van der Waals surface area contributed by atoms with Gasteiger partial charge in [-0.05, 0) is 17.0 Å². The van der Waals surface area contributed by atoms with Crippen molar-refractivity contribution >= 4 is 22.9 Å². The zero-order valence-electron chi connectivity index (χ0n) is 12.7. The molecule has 4 heteroatoms. The average molecular weight is 388 g/mol. The van der Waals surface area contributed by atoms with Crippen LogP contribution >= 0.6 is 22.9 Å². The van der Waals surface area contributed by atoms with Crippen molar-refractivity contribution in [1.82, 2.24) is 8.01 Å². The van der Waals surface area contributed by atoms with E-state index in [1.807, 2.05) is 0 Å². The molecule has 0 radical (unpaired) electrons. The summed E-state index contributed by atoms with van der Waals surface area (Å²) in [6.07, 6.45) is 0. The van der Waals surface area contributed by atoms with Gasteiger partial charge in [-0.3, -0.25) is 4.90 Å². The van der Waals surface area contributed by atoms with E-state index < -0.39 is 0 Å². The Morgan fingerprint density at radius 1 is 1.30 bits per heavy atom. The van der Waals surface area contributed by atoms with Crippen LogP contribution in [0, 0.1) is 0 Å². The smallest absolute Gasteiger partial charge is 0.0589 e. The van der Waals surface area contributed by atoms with E-state index in [1.165, 1.54) is 11.1 Å². The molecule has 1 heterocycles. The number of ether oxygens (including phenoxy) is 1. The lowest BCUT2D eigenvalue weighted by Gasteiger charge is -2.39. The maximum absolute atomic E-state index is 5.22. The van der Waals surface area contributed by atoms with Crippen molar-refractivity contribution in [1.29, 1.82) is 0 Å². The molecule has 20 heavy (non-hydrogen) atoms. The fourth-order valence-electron chi connectivity index (χ4n) is 2.83. The zero-order valence-corrected chi connectivity index (χ0v) is 14.8. The first-order chi connectivity index (χ1) is 9.63. The molecule has 1 unspecified atom stereocenters. The van der Waals surface area contributed by atoms with Gasteiger partial charge in [-0.15, -0.1) is 0 Å². The van der Waals surface area contributed by atoms with Gasteiger partial charge in [-0.25, -0.2) is 3.11 Å².